The molecule has 0 radical (unpaired) electrons. The van der Waals surface area contributed by atoms with Crippen LogP contribution >= 0.6 is 0 Å². The number of piperidine rings is 1. The third kappa shape index (κ3) is 8.53. The van der Waals surface area contributed by atoms with Gasteiger partial charge in [-0.1, -0.05) is 6.07 Å². The van der Waals surface area contributed by atoms with Crippen molar-refractivity contribution in [2.24, 2.45) is 5.41 Å². The Morgan fingerprint density at radius 2 is 1.68 bits per heavy atom. The number of aliphatic carboxylic acids is 2. The first-order valence-corrected chi connectivity index (χ1v) is 10.9. The molecule has 16 heteroatoms. The summed E-state index contributed by atoms with van der Waals surface area (Å²) in [6.45, 7) is 4.55. The largest absolute Gasteiger partial charge is 0.490 e. The van der Waals surface area contributed by atoms with Crippen molar-refractivity contribution in [1.82, 2.24) is 14.9 Å². The van der Waals surface area contributed by atoms with Gasteiger partial charge in [0.1, 0.15) is 0 Å². The molecule has 1 aromatic heterocycles. The fourth-order valence-electron chi connectivity index (χ4n) is 4.08. The van der Waals surface area contributed by atoms with E-state index in [1.165, 1.54) is 5.56 Å². The molecule has 3 aliphatic rings. The van der Waals surface area contributed by atoms with E-state index in [1.54, 1.807) is 11.3 Å². The topological polar surface area (TPSA) is 130 Å². The number of carboxylic acids is 2. The number of likely N-dealkylation sites (tertiary alicyclic amines) is 1. The van der Waals surface area contributed by atoms with Crippen LogP contribution in [0, 0.1) is 5.41 Å². The van der Waals surface area contributed by atoms with Crippen LogP contribution in [0.1, 0.15) is 24.8 Å². The van der Waals surface area contributed by atoms with Crippen LogP contribution in [-0.2, 0) is 30.5 Å². The van der Waals surface area contributed by atoms with Crippen molar-refractivity contribution < 1.29 is 60.5 Å². The van der Waals surface area contributed by atoms with Crippen LogP contribution in [0.5, 0.6) is 0 Å². The van der Waals surface area contributed by atoms with E-state index in [0.717, 1.165) is 38.9 Å². The van der Waals surface area contributed by atoms with E-state index in [1.807, 2.05) is 12.3 Å². The quantitative estimate of drug-likeness (QED) is 0.551. The number of halogens is 6. The number of ether oxygens (including phenoxy) is 1. The van der Waals surface area contributed by atoms with Gasteiger partial charge in [-0.05, 0) is 30.9 Å². The van der Waals surface area contributed by atoms with Gasteiger partial charge >= 0.3 is 24.3 Å². The number of aromatic nitrogens is 1. The summed E-state index contributed by atoms with van der Waals surface area (Å²) < 4.78 is 69.4. The number of hydroxylamine groups is 2. The second kappa shape index (κ2) is 12.5. The number of amides is 1. The van der Waals surface area contributed by atoms with Crippen LogP contribution in [0.25, 0.3) is 0 Å². The second-order valence-electron chi connectivity index (χ2n) is 8.33. The Bertz CT molecular complexity index is 901. The number of carbonyl (C=O) groups excluding carboxylic acids is 1. The van der Waals surface area contributed by atoms with E-state index >= 15 is 0 Å². The van der Waals surface area contributed by atoms with Crippen LogP contribution < -0.4 is 0 Å². The first-order valence-electron chi connectivity index (χ1n) is 10.9. The minimum absolute atomic E-state index is 0.0318. The van der Waals surface area contributed by atoms with Crippen molar-refractivity contribution >= 4 is 17.8 Å². The lowest BCUT2D eigenvalue weighted by Gasteiger charge is -2.43. The lowest BCUT2D eigenvalue weighted by molar-refractivity contribution is -0.193. The Morgan fingerprint density at radius 3 is 2.16 bits per heavy atom. The zero-order valence-electron chi connectivity index (χ0n) is 19.3. The Kier molecular flexibility index (Phi) is 10.2. The SMILES string of the molecule is O=C(N1CCCO1)[C@@]12CCO[C@@H]1CCN(Cc1cccnc1)C2.O=C(O)C(F)(F)F.O=C(O)C(F)(F)F. The van der Waals surface area contributed by atoms with Gasteiger partial charge in [0, 0.05) is 38.6 Å². The molecule has 0 unspecified atom stereocenters. The predicted octanol–water partition coefficient (Wildman–Crippen LogP) is 2.49. The van der Waals surface area contributed by atoms with Gasteiger partial charge in [-0.25, -0.2) is 14.7 Å². The smallest absolute Gasteiger partial charge is 0.475 e. The average Bonchev–Trinajstić information content (AvgIpc) is 3.49. The summed E-state index contributed by atoms with van der Waals surface area (Å²) in [5.41, 5.74) is 0.745. The Labute approximate surface area is 206 Å². The summed E-state index contributed by atoms with van der Waals surface area (Å²) in [6, 6.07) is 4.04. The van der Waals surface area contributed by atoms with Crippen molar-refractivity contribution in [3.05, 3.63) is 30.1 Å². The van der Waals surface area contributed by atoms with Gasteiger partial charge in [-0.3, -0.25) is 19.5 Å². The number of nitrogens with zero attached hydrogens (tertiary/aromatic N) is 3. The lowest BCUT2D eigenvalue weighted by Crippen LogP contribution is -2.57. The van der Waals surface area contributed by atoms with Crippen molar-refractivity contribution in [3.8, 4) is 0 Å². The standard InChI is InChI=1S/C17H23N3O3.2C2HF3O2/c21-16(20-7-2-9-23-20)17-5-10-22-15(17)4-8-19(13-17)12-14-3-1-6-18-11-14;2*3-2(4,5)1(6)7/h1,3,6,11,15H,2,4-5,7-10,12-13H2;2*(H,6,7)/t15-,17-;;/m1../s1. The molecule has 2 N–H and O–H groups in total. The fraction of sp³-hybridized carbons (Fsp3) is 0.619. The number of carbonyl (C=O) groups is 3. The number of rotatable bonds is 3. The highest BCUT2D eigenvalue weighted by molar-refractivity contribution is 5.83. The zero-order chi connectivity index (χ0) is 27.9. The molecule has 208 valence electrons. The highest BCUT2D eigenvalue weighted by Gasteiger charge is 2.55. The van der Waals surface area contributed by atoms with E-state index in [-0.39, 0.29) is 12.0 Å². The predicted molar refractivity (Wildman–Crippen MR) is 111 cm³/mol. The van der Waals surface area contributed by atoms with E-state index in [4.69, 9.17) is 29.4 Å². The number of hydrogen-bond acceptors (Lipinski definition) is 7. The molecule has 2 atom stereocenters. The summed E-state index contributed by atoms with van der Waals surface area (Å²) >= 11 is 0. The number of alkyl halides is 6. The van der Waals surface area contributed by atoms with Crippen LogP contribution in [0.3, 0.4) is 0 Å². The molecule has 3 aliphatic heterocycles. The molecule has 0 bridgehead atoms. The Hall–Kier alpha value is -2.98. The van der Waals surface area contributed by atoms with Gasteiger partial charge in [0.05, 0.1) is 24.7 Å². The van der Waals surface area contributed by atoms with Crippen molar-refractivity contribution in [2.45, 2.75) is 44.3 Å². The molecular weight excluding hydrogens is 520 g/mol. The van der Waals surface area contributed by atoms with E-state index in [0.29, 0.717) is 19.8 Å². The van der Waals surface area contributed by atoms with Crippen LogP contribution in [0.4, 0.5) is 26.3 Å². The first kappa shape index (κ1) is 30.2. The number of hydrogen-bond donors (Lipinski definition) is 2. The maximum Gasteiger partial charge on any atom is 0.490 e. The summed E-state index contributed by atoms with van der Waals surface area (Å²) in [6.07, 6.45) is -3.83. The zero-order valence-corrected chi connectivity index (χ0v) is 19.3. The first-order chi connectivity index (χ1) is 17.2. The maximum absolute atomic E-state index is 13.1. The molecule has 4 heterocycles. The van der Waals surface area contributed by atoms with Crippen molar-refractivity contribution in [3.63, 3.8) is 0 Å². The highest BCUT2D eigenvalue weighted by Crippen LogP contribution is 2.43. The van der Waals surface area contributed by atoms with Gasteiger partial charge in [-0.2, -0.15) is 26.3 Å². The monoisotopic (exact) mass is 545 g/mol. The summed E-state index contributed by atoms with van der Waals surface area (Å²) in [7, 11) is 0. The molecule has 3 fully saturated rings. The Balaban J connectivity index is 0.000000286. The fourth-order valence-corrected chi connectivity index (χ4v) is 4.08. The molecule has 1 amide bonds. The van der Waals surface area contributed by atoms with Gasteiger partial charge in [0.2, 0.25) is 0 Å². The molecule has 37 heavy (non-hydrogen) atoms. The second-order valence-corrected chi connectivity index (χ2v) is 8.33. The van der Waals surface area contributed by atoms with Crippen LogP contribution in [-0.4, -0.2) is 94.3 Å². The maximum atomic E-state index is 13.1. The molecule has 0 aromatic carbocycles. The van der Waals surface area contributed by atoms with Crippen LogP contribution in [0.2, 0.25) is 0 Å². The number of pyridine rings is 1. The summed E-state index contributed by atoms with van der Waals surface area (Å²) in [5, 5.41) is 15.8. The molecule has 3 saturated heterocycles. The third-order valence-electron chi connectivity index (χ3n) is 5.72. The average molecular weight is 545 g/mol. The molecule has 10 nitrogen and oxygen atoms in total. The summed E-state index contributed by atoms with van der Waals surface area (Å²) in [5.74, 6) is -5.40. The van der Waals surface area contributed by atoms with Crippen molar-refractivity contribution in [2.75, 3.05) is 32.8 Å². The third-order valence-corrected chi connectivity index (χ3v) is 5.72. The highest BCUT2D eigenvalue weighted by atomic mass is 19.4. The molecule has 0 spiro atoms. The summed E-state index contributed by atoms with van der Waals surface area (Å²) in [4.78, 5) is 42.9. The molecular formula is C21H25F6N3O7. The molecule has 0 saturated carbocycles. The van der Waals surface area contributed by atoms with E-state index in [2.05, 4.69) is 16.0 Å². The minimum Gasteiger partial charge on any atom is -0.475 e. The van der Waals surface area contributed by atoms with Gasteiger partial charge in [0.25, 0.3) is 5.91 Å². The van der Waals surface area contributed by atoms with Gasteiger partial charge < -0.3 is 14.9 Å². The molecule has 4 rings (SSSR count). The Morgan fingerprint density at radius 1 is 1.05 bits per heavy atom. The van der Waals surface area contributed by atoms with E-state index < -0.39 is 29.7 Å². The van der Waals surface area contributed by atoms with Crippen molar-refractivity contribution in [1.29, 1.82) is 0 Å². The van der Waals surface area contributed by atoms with Gasteiger partial charge in [-0.15, -0.1) is 0 Å². The lowest BCUT2D eigenvalue weighted by atomic mass is 9.75. The van der Waals surface area contributed by atoms with Crippen LogP contribution in [0.15, 0.2) is 24.5 Å². The molecule has 0 aliphatic carbocycles. The minimum atomic E-state index is -5.08. The van der Waals surface area contributed by atoms with Gasteiger partial charge in [0.15, 0.2) is 0 Å². The number of fused-ring (bicyclic) bond motifs is 1. The van der Waals surface area contributed by atoms with E-state index in [9.17, 15) is 31.1 Å². The normalized spacial score (nSPS) is 23.7. The number of carboxylic acid groups (broad SMARTS) is 2. The molecule has 1 aromatic rings.